The van der Waals surface area contributed by atoms with E-state index in [2.05, 4.69) is 17.1 Å². The topological polar surface area (TPSA) is 97.4 Å². The molecule has 3 aliphatic rings. The Labute approximate surface area is 212 Å². The fraction of sp³-hybridized carbons (Fsp3) is 0.500. The minimum Gasteiger partial charge on any atom is -0.365 e. The minimum atomic E-state index is -0.482. The number of carbonyl (C=O) groups is 2. The van der Waals surface area contributed by atoms with Crippen molar-refractivity contribution in [1.29, 1.82) is 0 Å². The molecule has 4 heterocycles. The maximum Gasteiger partial charge on any atom is 0.251 e. The SMILES string of the molecule is CC1CCc2c(sc(NC(=O)CSC(=S)N3CC4CC(C3)c3cccc(=O)n3C4)c2C(N)=O)C1. The van der Waals surface area contributed by atoms with Gasteiger partial charge in [-0.25, -0.2) is 0 Å². The molecule has 1 saturated heterocycles. The van der Waals surface area contributed by atoms with Gasteiger partial charge in [0.25, 0.3) is 11.5 Å². The monoisotopic (exact) mass is 516 g/mol. The summed E-state index contributed by atoms with van der Waals surface area (Å²) in [5.74, 6) is 0.722. The van der Waals surface area contributed by atoms with Crippen LogP contribution in [0.25, 0.3) is 0 Å². The lowest BCUT2D eigenvalue weighted by Gasteiger charge is -2.43. The van der Waals surface area contributed by atoms with Gasteiger partial charge in [-0.15, -0.1) is 11.3 Å². The van der Waals surface area contributed by atoms with Crippen LogP contribution < -0.4 is 16.6 Å². The summed E-state index contributed by atoms with van der Waals surface area (Å²) in [4.78, 5) is 40.4. The first-order valence-corrected chi connectivity index (χ1v) is 13.9. The van der Waals surface area contributed by atoms with Crippen LogP contribution in [0, 0.1) is 11.8 Å². The third-order valence-electron chi connectivity index (χ3n) is 7.08. The molecule has 2 bridgehead atoms. The molecular formula is C24H28N4O3S3. The molecule has 0 saturated carbocycles. The number of nitrogens with zero attached hydrogens (tertiary/aromatic N) is 2. The molecule has 0 radical (unpaired) electrons. The van der Waals surface area contributed by atoms with E-state index in [0.29, 0.717) is 33.3 Å². The molecule has 3 atom stereocenters. The first-order chi connectivity index (χ1) is 16.3. The smallest absolute Gasteiger partial charge is 0.251 e. The zero-order valence-corrected chi connectivity index (χ0v) is 21.5. The Morgan fingerprint density at radius 3 is 2.91 bits per heavy atom. The lowest BCUT2D eigenvalue weighted by molar-refractivity contribution is -0.113. The largest absolute Gasteiger partial charge is 0.365 e. The molecule has 0 spiro atoms. The Hall–Kier alpha value is -2.17. The van der Waals surface area contributed by atoms with Gasteiger partial charge < -0.3 is 20.5 Å². The highest BCUT2D eigenvalue weighted by Gasteiger charge is 2.35. The Balaban J connectivity index is 1.21. The number of anilines is 1. The van der Waals surface area contributed by atoms with Crippen molar-refractivity contribution < 1.29 is 9.59 Å². The van der Waals surface area contributed by atoms with Crippen molar-refractivity contribution in [2.24, 2.45) is 17.6 Å². The van der Waals surface area contributed by atoms with Gasteiger partial charge in [0.1, 0.15) is 9.32 Å². The zero-order chi connectivity index (χ0) is 24.0. The molecule has 1 fully saturated rings. The summed E-state index contributed by atoms with van der Waals surface area (Å²) < 4.78 is 2.60. The van der Waals surface area contributed by atoms with Gasteiger partial charge in [-0.05, 0) is 49.1 Å². The van der Waals surface area contributed by atoms with Crippen LogP contribution in [0.4, 0.5) is 5.00 Å². The number of piperidine rings is 1. The van der Waals surface area contributed by atoms with Crippen molar-refractivity contribution in [3.05, 3.63) is 50.3 Å². The highest BCUT2D eigenvalue weighted by molar-refractivity contribution is 8.23. The summed E-state index contributed by atoms with van der Waals surface area (Å²) in [5, 5.41) is 3.49. The lowest BCUT2D eigenvalue weighted by atomic mass is 9.83. The number of thioether (sulfide) groups is 1. The first-order valence-electron chi connectivity index (χ1n) is 11.7. The number of hydrogen-bond donors (Lipinski definition) is 2. The van der Waals surface area contributed by atoms with Crippen LogP contribution >= 0.6 is 35.3 Å². The van der Waals surface area contributed by atoms with E-state index in [9.17, 15) is 14.4 Å². The Kier molecular flexibility index (Phi) is 6.56. The van der Waals surface area contributed by atoms with Crippen LogP contribution in [-0.4, -0.2) is 44.4 Å². The van der Waals surface area contributed by atoms with Crippen molar-refractivity contribution in [3.8, 4) is 0 Å². The van der Waals surface area contributed by atoms with Gasteiger partial charge in [0, 0.05) is 42.2 Å². The second-order valence-corrected chi connectivity index (χ2v) is 12.3. The normalized spacial score (nSPS) is 23.1. The Morgan fingerprint density at radius 2 is 2.12 bits per heavy atom. The molecule has 2 amide bonds. The molecule has 2 aliphatic heterocycles. The average molecular weight is 517 g/mol. The van der Waals surface area contributed by atoms with Crippen molar-refractivity contribution in [2.75, 3.05) is 24.2 Å². The predicted molar refractivity (Wildman–Crippen MR) is 141 cm³/mol. The zero-order valence-electron chi connectivity index (χ0n) is 19.0. The summed E-state index contributed by atoms with van der Waals surface area (Å²) in [6.07, 6.45) is 3.83. The van der Waals surface area contributed by atoms with Crippen molar-refractivity contribution >= 4 is 56.5 Å². The van der Waals surface area contributed by atoms with Crippen molar-refractivity contribution in [1.82, 2.24) is 9.47 Å². The Bertz CT molecular complexity index is 1220. The number of rotatable bonds is 4. The average Bonchev–Trinajstić information content (AvgIpc) is 3.15. The summed E-state index contributed by atoms with van der Waals surface area (Å²) in [7, 11) is 0. The second-order valence-electron chi connectivity index (χ2n) is 9.63. The van der Waals surface area contributed by atoms with E-state index >= 15 is 0 Å². The molecule has 5 rings (SSSR count). The number of thiocarbonyl (C=S) groups is 1. The molecule has 0 aromatic carbocycles. The summed E-state index contributed by atoms with van der Waals surface area (Å²) in [6.45, 7) is 4.48. The number of carbonyl (C=O) groups excluding carboxylic acids is 2. The van der Waals surface area contributed by atoms with Gasteiger partial charge in [-0.2, -0.15) is 0 Å². The van der Waals surface area contributed by atoms with Crippen molar-refractivity contribution in [2.45, 2.75) is 45.1 Å². The molecule has 3 N–H and O–H groups in total. The molecule has 7 nitrogen and oxygen atoms in total. The molecule has 3 unspecified atom stereocenters. The Morgan fingerprint density at radius 1 is 1.29 bits per heavy atom. The summed E-state index contributed by atoms with van der Waals surface area (Å²) in [6, 6.07) is 5.48. The quantitative estimate of drug-likeness (QED) is 0.606. The molecule has 1 aliphatic carbocycles. The number of amides is 2. The molecular weight excluding hydrogens is 488 g/mol. The predicted octanol–water partition coefficient (Wildman–Crippen LogP) is 3.21. The van der Waals surface area contributed by atoms with E-state index in [4.69, 9.17) is 18.0 Å². The van der Waals surface area contributed by atoms with E-state index in [1.54, 1.807) is 6.07 Å². The van der Waals surface area contributed by atoms with Gasteiger partial charge in [-0.3, -0.25) is 14.4 Å². The van der Waals surface area contributed by atoms with E-state index in [1.165, 1.54) is 23.1 Å². The number of aromatic nitrogens is 1. The maximum absolute atomic E-state index is 12.8. The number of fused-ring (bicyclic) bond motifs is 5. The third-order valence-corrected chi connectivity index (χ3v) is 9.77. The van der Waals surface area contributed by atoms with Gasteiger partial charge >= 0.3 is 0 Å². The highest BCUT2D eigenvalue weighted by atomic mass is 32.2. The van der Waals surface area contributed by atoms with Crippen LogP contribution in [0.15, 0.2) is 23.0 Å². The number of primary amides is 1. The van der Waals surface area contributed by atoms with Crippen LogP contribution in [0.5, 0.6) is 0 Å². The molecule has 180 valence electrons. The van der Waals surface area contributed by atoms with Gasteiger partial charge in [-0.1, -0.05) is 37.0 Å². The van der Waals surface area contributed by atoms with Crippen LogP contribution in [0.1, 0.15) is 52.2 Å². The number of thiophene rings is 1. The molecule has 34 heavy (non-hydrogen) atoms. The standard InChI is InChI=1S/C24H28N4O3S3/c1-13-5-6-16-18(7-13)34-23(21(16)22(25)31)26-19(29)12-33-24(32)27-9-14-8-15(11-27)17-3-2-4-20(30)28(17)10-14/h2-4,13-15H,5-12H2,1H3,(H2,25,31)(H,26,29). The maximum atomic E-state index is 12.8. The van der Waals surface area contributed by atoms with Crippen molar-refractivity contribution in [3.63, 3.8) is 0 Å². The lowest BCUT2D eigenvalue weighted by Crippen LogP contribution is -2.48. The molecule has 10 heteroatoms. The van der Waals surface area contributed by atoms with E-state index in [0.717, 1.165) is 54.9 Å². The number of nitrogens with two attached hydrogens (primary N) is 1. The fourth-order valence-corrected chi connectivity index (χ4v) is 7.94. The van der Waals surface area contributed by atoms with E-state index in [1.807, 2.05) is 16.7 Å². The number of likely N-dealkylation sites (tertiary alicyclic amines) is 1. The summed E-state index contributed by atoms with van der Waals surface area (Å²) in [5.41, 5.74) is 8.29. The van der Waals surface area contributed by atoms with E-state index in [-0.39, 0.29) is 23.1 Å². The minimum absolute atomic E-state index is 0.0642. The van der Waals surface area contributed by atoms with Crippen LogP contribution in [-0.2, 0) is 24.2 Å². The summed E-state index contributed by atoms with van der Waals surface area (Å²) >= 11 is 8.50. The molecule has 2 aromatic rings. The van der Waals surface area contributed by atoms with Gasteiger partial charge in [0.2, 0.25) is 5.91 Å². The van der Waals surface area contributed by atoms with Crippen LogP contribution in [0.2, 0.25) is 0 Å². The third kappa shape index (κ3) is 4.55. The molecule has 2 aromatic heterocycles. The van der Waals surface area contributed by atoms with Gasteiger partial charge in [0.15, 0.2) is 0 Å². The van der Waals surface area contributed by atoms with Crippen LogP contribution in [0.3, 0.4) is 0 Å². The van der Waals surface area contributed by atoms with E-state index < -0.39 is 5.91 Å². The van der Waals surface area contributed by atoms with Gasteiger partial charge in [0.05, 0.1) is 11.3 Å². The second kappa shape index (κ2) is 9.47. The number of hydrogen-bond acceptors (Lipinski definition) is 6. The first kappa shape index (κ1) is 23.6. The number of pyridine rings is 1. The number of nitrogens with one attached hydrogen (secondary N) is 1. The fourth-order valence-electron chi connectivity index (χ4n) is 5.53. The highest BCUT2D eigenvalue weighted by Crippen LogP contribution is 2.40.